The molecular formula is C15H14F2N2O. The zero-order chi connectivity index (χ0) is 14.7. The van der Waals surface area contributed by atoms with Gasteiger partial charge in [0.25, 0.3) is 0 Å². The molecule has 0 atom stereocenters. The molecule has 0 bridgehead atoms. The van der Waals surface area contributed by atoms with Crippen molar-refractivity contribution in [2.45, 2.75) is 13.8 Å². The fourth-order valence-corrected chi connectivity index (χ4v) is 1.69. The van der Waals surface area contributed by atoms with Crippen molar-refractivity contribution in [2.75, 3.05) is 10.6 Å². The van der Waals surface area contributed by atoms with Crippen molar-refractivity contribution in [1.82, 2.24) is 0 Å². The van der Waals surface area contributed by atoms with Gasteiger partial charge in [-0.3, -0.25) is 0 Å². The van der Waals surface area contributed by atoms with E-state index >= 15 is 0 Å². The number of hydrogen-bond donors (Lipinski definition) is 2. The van der Waals surface area contributed by atoms with Gasteiger partial charge in [-0.2, -0.15) is 0 Å². The van der Waals surface area contributed by atoms with E-state index in [2.05, 4.69) is 10.6 Å². The van der Waals surface area contributed by atoms with E-state index in [0.29, 0.717) is 11.8 Å². The van der Waals surface area contributed by atoms with Crippen molar-refractivity contribution in [1.29, 1.82) is 0 Å². The second-order valence-corrected chi connectivity index (χ2v) is 4.50. The summed E-state index contributed by atoms with van der Waals surface area (Å²) in [5.74, 6) is -1.51. The highest BCUT2D eigenvalue weighted by Crippen LogP contribution is 2.17. The molecule has 2 aromatic carbocycles. The summed E-state index contributed by atoms with van der Waals surface area (Å²) in [5, 5.41) is 4.92. The first-order valence-electron chi connectivity index (χ1n) is 6.06. The van der Waals surface area contributed by atoms with Crippen LogP contribution >= 0.6 is 0 Å². The maximum Gasteiger partial charge on any atom is 0.323 e. The quantitative estimate of drug-likeness (QED) is 0.847. The first-order valence-corrected chi connectivity index (χ1v) is 6.06. The van der Waals surface area contributed by atoms with E-state index in [-0.39, 0.29) is 5.69 Å². The standard InChI is InChI=1S/C15H14F2N2O/c1-9-3-5-12(7-10(9)2)18-15(20)19-14-6-4-11(16)8-13(14)17/h3-8H,1-2H3,(H2,18,19,20). The van der Waals surface area contributed by atoms with Gasteiger partial charge >= 0.3 is 6.03 Å². The van der Waals surface area contributed by atoms with Crippen LogP contribution < -0.4 is 10.6 Å². The van der Waals surface area contributed by atoms with E-state index in [1.54, 1.807) is 6.07 Å². The average molecular weight is 276 g/mol. The molecule has 5 heteroatoms. The Balaban J connectivity index is 2.07. The molecule has 2 N–H and O–H groups in total. The number of aryl methyl sites for hydroxylation is 2. The molecule has 0 aliphatic rings. The Morgan fingerprint density at radius 2 is 1.70 bits per heavy atom. The van der Waals surface area contributed by atoms with Gasteiger partial charge in [-0.05, 0) is 49.2 Å². The lowest BCUT2D eigenvalue weighted by Gasteiger charge is -2.10. The van der Waals surface area contributed by atoms with Crippen molar-refractivity contribution in [3.63, 3.8) is 0 Å². The van der Waals surface area contributed by atoms with Gasteiger partial charge in [-0.25, -0.2) is 13.6 Å². The molecule has 0 saturated carbocycles. The number of urea groups is 1. The van der Waals surface area contributed by atoms with Crippen LogP contribution in [0.3, 0.4) is 0 Å². The van der Waals surface area contributed by atoms with Crippen LogP contribution in [-0.4, -0.2) is 6.03 Å². The van der Waals surface area contributed by atoms with Crippen LogP contribution in [0.2, 0.25) is 0 Å². The minimum absolute atomic E-state index is 0.0762. The molecule has 0 radical (unpaired) electrons. The Morgan fingerprint density at radius 3 is 2.35 bits per heavy atom. The molecule has 3 nitrogen and oxygen atoms in total. The lowest BCUT2D eigenvalue weighted by atomic mass is 10.1. The Labute approximate surface area is 115 Å². The van der Waals surface area contributed by atoms with Gasteiger partial charge in [-0.15, -0.1) is 0 Å². The molecule has 20 heavy (non-hydrogen) atoms. The number of anilines is 2. The lowest BCUT2D eigenvalue weighted by Crippen LogP contribution is -2.20. The monoisotopic (exact) mass is 276 g/mol. The summed E-state index contributed by atoms with van der Waals surface area (Å²) < 4.78 is 26.1. The predicted molar refractivity (Wildman–Crippen MR) is 74.9 cm³/mol. The van der Waals surface area contributed by atoms with Crippen molar-refractivity contribution >= 4 is 17.4 Å². The zero-order valence-corrected chi connectivity index (χ0v) is 11.1. The number of carbonyl (C=O) groups excluding carboxylic acids is 1. The molecule has 0 saturated heterocycles. The van der Waals surface area contributed by atoms with Crippen molar-refractivity contribution in [2.24, 2.45) is 0 Å². The number of amides is 2. The third-order valence-corrected chi connectivity index (χ3v) is 2.94. The molecule has 0 heterocycles. The highest BCUT2D eigenvalue weighted by molar-refractivity contribution is 5.99. The number of benzene rings is 2. The van der Waals surface area contributed by atoms with Crippen LogP contribution in [0.15, 0.2) is 36.4 Å². The molecular weight excluding hydrogens is 262 g/mol. The topological polar surface area (TPSA) is 41.1 Å². The molecule has 2 amide bonds. The van der Waals surface area contributed by atoms with Gasteiger partial charge in [0.15, 0.2) is 0 Å². The summed E-state index contributed by atoms with van der Waals surface area (Å²) in [6.07, 6.45) is 0. The van der Waals surface area contributed by atoms with Gasteiger partial charge in [0.1, 0.15) is 11.6 Å². The molecule has 0 aromatic heterocycles. The number of hydrogen-bond acceptors (Lipinski definition) is 1. The van der Waals surface area contributed by atoms with E-state index in [4.69, 9.17) is 0 Å². The zero-order valence-electron chi connectivity index (χ0n) is 11.1. The summed E-state index contributed by atoms with van der Waals surface area (Å²) >= 11 is 0. The first-order chi connectivity index (χ1) is 9.45. The van der Waals surface area contributed by atoms with E-state index in [9.17, 15) is 13.6 Å². The van der Waals surface area contributed by atoms with Gasteiger partial charge in [0.2, 0.25) is 0 Å². The smallest absolute Gasteiger partial charge is 0.308 e. The number of nitrogens with one attached hydrogen (secondary N) is 2. The summed E-state index contributed by atoms with van der Waals surface area (Å²) in [6.45, 7) is 3.89. The molecule has 2 rings (SSSR count). The second-order valence-electron chi connectivity index (χ2n) is 4.50. The first kappa shape index (κ1) is 14.0. The second kappa shape index (κ2) is 5.69. The largest absolute Gasteiger partial charge is 0.323 e. The van der Waals surface area contributed by atoms with Crippen molar-refractivity contribution < 1.29 is 13.6 Å². The van der Waals surface area contributed by atoms with E-state index in [1.807, 2.05) is 26.0 Å². The summed E-state index contributed by atoms with van der Waals surface area (Å²) in [5.41, 5.74) is 2.68. The molecule has 0 aliphatic carbocycles. The Hall–Kier alpha value is -2.43. The number of halogens is 2. The summed E-state index contributed by atoms with van der Waals surface area (Å²) in [6, 6.07) is 7.83. The third kappa shape index (κ3) is 3.32. The van der Waals surface area contributed by atoms with Crippen molar-refractivity contribution in [3.05, 3.63) is 59.2 Å². The Kier molecular flexibility index (Phi) is 3.98. The molecule has 0 aliphatic heterocycles. The minimum atomic E-state index is -0.819. The van der Waals surface area contributed by atoms with Gasteiger partial charge in [0.05, 0.1) is 5.69 Å². The van der Waals surface area contributed by atoms with Gasteiger partial charge in [0, 0.05) is 11.8 Å². The van der Waals surface area contributed by atoms with Crippen LogP contribution in [0.25, 0.3) is 0 Å². The molecule has 2 aromatic rings. The molecule has 0 unspecified atom stereocenters. The van der Waals surface area contributed by atoms with Crippen molar-refractivity contribution in [3.8, 4) is 0 Å². The summed E-state index contributed by atoms with van der Waals surface area (Å²) in [4.78, 5) is 11.7. The Morgan fingerprint density at radius 1 is 0.950 bits per heavy atom. The maximum absolute atomic E-state index is 13.4. The van der Waals surface area contributed by atoms with Crippen LogP contribution in [0, 0.1) is 25.5 Å². The Bertz CT molecular complexity index is 656. The number of carbonyl (C=O) groups is 1. The highest BCUT2D eigenvalue weighted by Gasteiger charge is 2.08. The fraction of sp³-hybridized carbons (Fsp3) is 0.133. The minimum Gasteiger partial charge on any atom is -0.308 e. The van der Waals surface area contributed by atoms with E-state index < -0.39 is 17.7 Å². The maximum atomic E-state index is 13.4. The lowest BCUT2D eigenvalue weighted by molar-refractivity contribution is 0.262. The fourth-order valence-electron chi connectivity index (χ4n) is 1.69. The molecule has 104 valence electrons. The predicted octanol–water partition coefficient (Wildman–Crippen LogP) is 4.23. The third-order valence-electron chi connectivity index (χ3n) is 2.94. The van der Waals surface area contributed by atoms with Crippen LogP contribution in [0.5, 0.6) is 0 Å². The van der Waals surface area contributed by atoms with E-state index in [1.165, 1.54) is 6.07 Å². The molecule has 0 fully saturated rings. The van der Waals surface area contributed by atoms with Crippen LogP contribution in [-0.2, 0) is 0 Å². The molecule has 0 spiro atoms. The highest BCUT2D eigenvalue weighted by atomic mass is 19.1. The SMILES string of the molecule is Cc1ccc(NC(=O)Nc2ccc(F)cc2F)cc1C. The van der Waals surface area contributed by atoms with Gasteiger partial charge < -0.3 is 10.6 Å². The van der Waals surface area contributed by atoms with Crippen LogP contribution in [0.4, 0.5) is 25.0 Å². The van der Waals surface area contributed by atoms with Crippen LogP contribution in [0.1, 0.15) is 11.1 Å². The van der Waals surface area contributed by atoms with Gasteiger partial charge in [-0.1, -0.05) is 6.07 Å². The average Bonchev–Trinajstić information content (AvgIpc) is 2.37. The normalized spacial score (nSPS) is 10.2. The number of rotatable bonds is 2. The van der Waals surface area contributed by atoms with E-state index in [0.717, 1.165) is 17.2 Å². The summed E-state index contributed by atoms with van der Waals surface area (Å²) in [7, 11) is 0.